The fourth-order valence-electron chi connectivity index (χ4n) is 4.22. The maximum absolute atomic E-state index is 12.7. The van der Waals surface area contributed by atoms with E-state index in [1.54, 1.807) is 0 Å². The van der Waals surface area contributed by atoms with Gasteiger partial charge in [0.05, 0.1) is 6.10 Å². The quantitative estimate of drug-likeness (QED) is 0.877. The zero-order valence-electron chi connectivity index (χ0n) is 13.8. The molecule has 2 fully saturated rings. The largest absolute Gasteiger partial charge is 0.378 e. The first-order valence-electron chi connectivity index (χ1n) is 8.15. The molecule has 0 aromatic carbocycles. The highest BCUT2D eigenvalue weighted by molar-refractivity contribution is 7.09. The van der Waals surface area contributed by atoms with Crippen molar-refractivity contribution in [3.05, 3.63) is 16.1 Å². The lowest BCUT2D eigenvalue weighted by Crippen LogP contribution is -2.64. The summed E-state index contributed by atoms with van der Waals surface area (Å²) in [6.45, 7) is 3.19. The van der Waals surface area contributed by atoms with Gasteiger partial charge in [0.1, 0.15) is 10.7 Å². The molecule has 130 valence electrons. The van der Waals surface area contributed by atoms with E-state index < -0.39 is 0 Å². The van der Waals surface area contributed by atoms with E-state index in [0.717, 1.165) is 18.0 Å². The normalized spacial score (nSPS) is 25.0. The molecule has 3 rings (SSSR count). The molecule has 2 N–H and O–H groups in total. The summed E-state index contributed by atoms with van der Waals surface area (Å²) in [6, 6.07) is 0.280. The van der Waals surface area contributed by atoms with E-state index in [-0.39, 0.29) is 29.8 Å². The minimum absolute atomic E-state index is 0. The Morgan fingerprint density at radius 1 is 1.52 bits per heavy atom. The van der Waals surface area contributed by atoms with Crippen LogP contribution in [0.4, 0.5) is 0 Å². The van der Waals surface area contributed by atoms with Crippen LogP contribution in [-0.2, 0) is 11.3 Å². The topological polar surface area (TPSA) is 68.5 Å². The van der Waals surface area contributed by atoms with Crippen molar-refractivity contribution in [1.82, 2.24) is 9.88 Å². The summed E-state index contributed by atoms with van der Waals surface area (Å²) in [7, 11) is 1.91. The van der Waals surface area contributed by atoms with Crippen LogP contribution in [0.5, 0.6) is 0 Å². The average Bonchev–Trinajstić information content (AvgIpc) is 3.19. The van der Waals surface area contributed by atoms with Crippen LogP contribution in [0, 0.1) is 5.41 Å². The van der Waals surface area contributed by atoms with Crippen LogP contribution in [-0.4, -0.2) is 41.6 Å². The third-order valence-corrected chi connectivity index (χ3v) is 6.25. The summed E-state index contributed by atoms with van der Waals surface area (Å²) in [5.74, 6) is 0.0159. The first-order valence-corrected chi connectivity index (χ1v) is 9.03. The lowest BCUT2D eigenvalue weighted by Gasteiger charge is -2.56. The second-order valence-corrected chi connectivity index (χ2v) is 7.33. The number of carbonyl (C=O) groups is 1. The van der Waals surface area contributed by atoms with E-state index in [2.05, 4.69) is 11.9 Å². The molecule has 1 spiro atoms. The Labute approximate surface area is 148 Å². The van der Waals surface area contributed by atoms with Crippen molar-refractivity contribution in [1.29, 1.82) is 0 Å². The molecule has 1 amide bonds. The Hall–Kier alpha value is -0.690. The summed E-state index contributed by atoms with van der Waals surface area (Å²) in [4.78, 5) is 18.9. The molecule has 2 aliphatic rings. The summed E-state index contributed by atoms with van der Waals surface area (Å²) in [5.41, 5.74) is 6.29. The Balaban J connectivity index is 0.00000192. The molecule has 23 heavy (non-hydrogen) atoms. The molecule has 7 heteroatoms. The number of aromatic nitrogens is 1. The zero-order valence-corrected chi connectivity index (χ0v) is 15.4. The predicted octanol–water partition coefficient (Wildman–Crippen LogP) is 2.83. The molecule has 1 heterocycles. The highest BCUT2D eigenvalue weighted by Crippen LogP contribution is 2.56. The van der Waals surface area contributed by atoms with E-state index in [4.69, 9.17) is 10.5 Å². The zero-order chi connectivity index (χ0) is 15.7. The van der Waals surface area contributed by atoms with Crippen LogP contribution < -0.4 is 5.73 Å². The van der Waals surface area contributed by atoms with E-state index in [1.165, 1.54) is 37.0 Å². The molecule has 5 nitrogen and oxygen atoms in total. The lowest BCUT2D eigenvalue weighted by atomic mass is 9.60. The van der Waals surface area contributed by atoms with Gasteiger partial charge in [0, 0.05) is 37.0 Å². The number of carbonyl (C=O) groups excluding carboxylic acids is 1. The number of hydrogen-bond donors (Lipinski definition) is 1. The van der Waals surface area contributed by atoms with E-state index >= 15 is 0 Å². The van der Waals surface area contributed by atoms with E-state index in [0.29, 0.717) is 18.3 Å². The summed E-state index contributed by atoms with van der Waals surface area (Å²) < 4.78 is 5.93. The first-order chi connectivity index (χ1) is 10.6. The van der Waals surface area contributed by atoms with Crippen molar-refractivity contribution >= 4 is 29.7 Å². The third-order valence-electron chi connectivity index (χ3n) is 5.38. The van der Waals surface area contributed by atoms with Crippen LogP contribution in [0.1, 0.15) is 54.5 Å². The van der Waals surface area contributed by atoms with Gasteiger partial charge in [-0.1, -0.05) is 12.8 Å². The predicted molar refractivity (Wildman–Crippen MR) is 94.1 cm³/mol. The van der Waals surface area contributed by atoms with Gasteiger partial charge in [0.25, 0.3) is 5.91 Å². The second kappa shape index (κ2) is 7.47. The molecule has 2 atom stereocenters. The lowest BCUT2D eigenvalue weighted by molar-refractivity contribution is -0.152. The van der Waals surface area contributed by atoms with Gasteiger partial charge in [-0.25, -0.2) is 4.98 Å². The van der Waals surface area contributed by atoms with Crippen LogP contribution in [0.3, 0.4) is 0 Å². The van der Waals surface area contributed by atoms with Crippen LogP contribution in [0.25, 0.3) is 0 Å². The standard InChI is InChI=1S/C16H25N3O2S.ClH/c1-3-21-13-8-12(16(13)6-4-5-7-16)19(2)15(20)11-10-22-14(9-17)18-11;/h10,12-13H,3-9,17H2,1-2H3;1H. The minimum Gasteiger partial charge on any atom is -0.378 e. The second-order valence-electron chi connectivity index (χ2n) is 6.38. The number of halogens is 1. The summed E-state index contributed by atoms with van der Waals surface area (Å²) >= 11 is 1.46. The smallest absolute Gasteiger partial charge is 0.273 e. The molecule has 0 saturated heterocycles. The van der Waals surface area contributed by atoms with Crippen molar-refractivity contribution in [3.8, 4) is 0 Å². The van der Waals surface area contributed by atoms with Crippen LogP contribution in [0.2, 0.25) is 0 Å². The van der Waals surface area contributed by atoms with Crippen molar-refractivity contribution in [3.63, 3.8) is 0 Å². The molecule has 2 saturated carbocycles. The Morgan fingerprint density at radius 3 is 2.78 bits per heavy atom. The highest BCUT2D eigenvalue weighted by atomic mass is 35.5. The van der Waals surface area contributed by atoms with Gasteiger partial charge in [-0.05, 0) is 26.2 Å². The Morgan fingerprint density at radius 2 is 2.22 bits per heavy atom. The number of nitrogens with two attached hydrogens (primary N) is 1. The highest BCUT2D eigenvalue weighted by Gasteiger charge is 2.58. The molecule has 1 aromatic heterocycles. The molecular formula is C16H26ClN3O2S. The minimum atomic E-state index is 0. The van der Waals surface area contributed by atoms with Crippen LogP contribution in [0.15, 0.2) is 5.38 Å². The van der Waals surface area contributed by atoms with Crippen molar-refractivity contribution in [2.75, 3.05) is 13.7 Å². The van der Waals surface area contributed by atoms with Crippen molar-refractivity contribution in [2.45, 2.75) is 57.7 Å². The number of nitrogens with zero attached hydrogens (tertiary/aromatic N) is 2. The van der Waals surface area contributed by atoms with Gasteiger partial charge in [0.2, 0.25) is 0 Å². The van der Waals surface area contributed by atoms with Crippen LogP contribution >= 0.6 is 23.7 Å². The van der Waals surface area contributed by atoms with Gasteiger partial charge in [-0.2, -0.15) is 0 Å². The van der Waals surface area contributed by atoms with E-state index in [1.807, 2.05) is 17.3 Å². The fourth-order valence-corrected chi connectivity index (χ4v) is 4.87. The van der Waals surface area contributed by atoms with Gasteiger partial charge in [-0.15, -0.1) is 23.7 Å². The molecular weight excluding hydrogens is 334 g/mol. The fraction of sp³-hybridized carbons (Fsp3) is 0.750. The monoisotopic (exact) mass is 359 g/mol. The number of ether oxygens (including phenoxy) is 1. The Bertz CT molecular complexity index is 545. The number of rotatable bonds is 5. The first kappa shape index (κ1) is 18.6. The van der Waals surface area contributed by atoms with Gasteiger partial charge in [-0.3, -0.25) is 4.79 Å². The summed E-state index contributed by atoms with van der Waals surface area (Å²) in [6.07, 6.45) is 6.10. The van der Waals surface area contributed by atoms with Gasteiger partial charge < -0.3 is 15.4 Å². The third kappa shape index (κ3) is 3.14. The number of thiazole rings is 1. The molecule has 0 bridgehead atoms. The number of amides is 1. The molecule has 0 aliphatic heterocycles. The SMILES string of the molecule is CCOC1CC(N(C)C(=O)c2csc(CN)n2)C12CCCC2.Cl. The van der Waals surface area contributed by atoms with Gasteiger partial charge >= 0.3 is 0 Å². The molecule has 0 radical (unpaired) electrons. The molecule has 1 aromatic rings. The maximum Gasteiger partial charge on any atom is 0.273 e. The summed E-state index contributed by atoms with van der Waals surface area (Å²) in [5, 5.41) is 2.63. The van der Waals surface area contributed by atoms with Crippen molar-refractivity contribution < 1.29 is 9.53 Å². The van der Waals surface area contributed by atoms with Crippen molar-refractivity contribution in [2.24, 2.45) is 11.1 Å². The average molecular weight is 360 g/mol. The maximum atomic E-state index is 12.7. The number of hydrogen-bond acceptors (Lipinski definition) is 5. The molecule has 2 unspecified atom stereocenters. The van der Waals surface area contributed by atoms with Gasteiger partial charge in [0.15, 0.2) is 0 Å². The molecule has 2 aliphatic carbocycles. The van der Waals surface area contributed by atoms with E-state index in [9.17, 15) is 4.79 Å². The Kier molecular flexibility index (Phi) is 6.05.